The third kappa shape index (κ3) is 3.66. The van der Waals surface area contributed by atoms with Gasteiger partial charge in [0.25, 0.3) is 0 Å². The summed E-state index contributed by atoms with van der Waals surface area (Å²) in [6, 6.07) is 6.04. The second-order valence-electron chi connectivity index (χ2n) is 6.00. The summed E-state index contributed by atoms with van der Waals surface area (Å²) in [6.45, 7) is 1.75. The zero-order valence-electron chi connectivity index (χ0n) is 13.6. The molecule has 0 saturated carbocycles. The number of hydrogen-bond acceptors (Lipinski definition) is 5. The Kier molecular flexibility index (Phi) is 4.39. The lowest BCUT2D eigenvalue weighted by molar-refractivity contribution is 0.237. The van der Waals surface area contributed by atoms with E-state index >= 15 is 0 Å². The normalized spacial score (nSPS) is 17.7. The fourth-order valence-electron chi connectivity index (χ4n) is 3.12. The van der Waals surface area contributed by atoms with Crippen LogP contribution in [0.15, 0.2) is 49.1 Å². The van der Waals surface area contributed by atoms with Gasteiger partial charge in [-0.2, -0.15) is 0 Å². The van der Waals surface area contributed by atoms with Gasteiger partial charge in [0.1, 0.15) is 17.4 Å². The fourth-order valence-corrected chi connectivity index (χ4v) is 3.12. The van der Waals surface area contributed by atoms with Gasteiger partial charge in [-0.25, -0.2) is 14.4 Å². The summed E-state index contributed by atoms with van der Waals surface area (Å²) in [5.41, 5.74) is 0.878. The molecule has 7 heteroatoms. The van der Waals surface area contributed by atoms with Crippen molar-refractivity contribution in [2.75, 3.05) is 6.54 Å². The number of nitrogens with one attached hydrogen (secondary N) is 1. The van der Waals surface area contributed by atoms with Gasteiger partial charge in [0.15, 0.2) is 0 Å². The maximum Gasteiger partial charge on any atom is 0.238 e. The van der Waals surface area contributed by atoms with Crippen LogP contribution in [-0.4, -0.2) is 31.4 Å². The van der Waals surface area contributed by atoms with Crippen molar-refractivity contribution in [3.63, 3.8) is 0 Å². The van der Waals surface area contributed by atoms with Crippen molar-refractivity contribution in [2.24, 2.45) is 0 Å². The number of nitrogens with zero attached hydrogens (tertiary/aromatic N) is 4. The van der Waals surface area contributed by atoms with Gasteiger partial charge in [0.05, 0.1) is 30.7 Å². The molecule has 6 nitrogen and oxygen atoms in total. The summed E-state index contributed by atoms with van der Waals surface area (Å²) in [5, 5.41) is 0. The second-order valence-corrected chi connectivity index (χ2v) is 6.00. The third-order valence-electron chi connectivity index (χ3n) is 4.28. The summed E-state index contributed by atoms with van der Waals surface area (Å²) in [6.07, 6.45) is 9.07. The van der Waals surface area contributed by atoms with E-state index in [0.29, 0.717) is 11.6 Å². The van der Waals surface area contributed by atoms with Crippen LogP contribution in [0.4, 0.5) is 4.39 Å². The highest BCUT2D eigenvalue weighted by Crippen LogP contribution is 2.32. The summed E-state index contributed by atoms with van der Waals surface area (Å²) < 4.78 is 18.7. The van der Waals surface area contributed by atoms with E-state index in [0.717, 1.165) is 37.4 Å². The fraction of sp³-hybridized carbons (Fsp3) is 0.278. The van der Waals surface area contributed by atoms with Crippen LogP contribution < -0.4 is 4.74 Å². The number of likely N-dealkylation sites (tertiary alicyclic amines) is 1. The Labute approximate surface area is 144 Å². The van der Waals surface area contributed by atoms with Crippen molar-refractivity contribution < 1.29 is 9.13 Å². The van der Waals surface area contributed by atoms with E-state index in [1.807, 2.05) is 6.20 Å². The van der Waals surface area contributed by atoms with E-state index in [2.05, 4.69) is 24.8 Å². The number of aromatic nitrogens is 4. The second kappa shape index (κ2) is 6.98. The van der Waals surface area contributed by atoms with Crippen molar-refractivity contribution in [2.45, 2.75) is 25.4 Å². The van der Waals surface area contributed by atoms with E-state index in [9.17, 15) is 4.39 Å². The molecule has 3 aromatic rings. The standard InChI is InChI=1S/C18H18FN5O/c19-13-3-5-14(6-4-13)25-18-11-20-10-15(23-18)16-2-1-9-24(16)12-17-21-7-8-22-17/h3-8,10-11,16H,1-2,9,12H2,(H,21,22)/t16-/m0/s1. The van der Waals surface area contributed by atoms with Crippen LogP contribution in [0, 0.1) is 5.82 Å². The number of benzene rings is 1. The molecule has 1 aromatic carbocycles. The van der Waals surface area contributed by atoms with Crippen molar-refractivity contribution >= 4 is 0 Å². The van der Waals surface area contributed by atoms with Gasteiger partial charge in [0.2, 0.25) is 5.88 Å². The molecule has 128 valence electrons. The Morgan fingerprint density at radius 3 is 2.92 bits per heavy atom. The third-order valence-corrected chi connectivity index (χ3v) is 4.28. The minimum atomic E-state index is -0.299. The minimum absolute atomic E-state index is 0.189. The molecule has 3 heterocycles. The highest BCUT2D eigenvalue weighted by atomic mass is 19.1. The molecule has 1 fully saturated rings. The molecular weight excluding hydrogens is 321 g/mol. The molecule has 0 aliphatic carbocycles. The van der Waals surface area contributed by atoms with Crippen LogP contribution >= 0.6 is 0 Å². The van der Waals surface area contributed by atoms with E-state index in [1.54, 1.807) is 30.7 Å². The molecule has 1 atom stereocenters. The lowest BCUT2D eigenvalue weighted by Gasteiger charge is -2.22. The molecule has 0 bridgehead atoms. The van der Waals surface area contributed by atoms with E-state index in [1.165, 1.54) is 12.1 Å². The topological polar surface area (TPSA) is 66.9 Å². The zero-order valence-corrected chi connectivity index (χ0v) is 13.6. The Balaban J connectivity index is 1.51. The van der Waals surface area contributed by atoms with Crippen molar-refractivity contribution in [1.82, 2.24) is 24.8 Å². The number of ether oxygens (including phenoxy) is 1. The van der Waals surface area contributed by atoms with Gasteiger partial charge < -0.3 is 9.72 Å². The van der Waals surface area contributed by atoms with Crippen molar-refractivity contribution in [3.05, 3.63) is 66.4 Å². The maximum atomic E-state index is 13.0. The summed E-state index contributed by atoms with van der Waals surface area (Å²) >= 11 is 0. The first kappa shape index (κ1) is 15.7. The molecule has 2 aromatic heterocycles. The quantitative estimate of drug-likeness (QED) is 0.771. The highest BCUT2D eigenvalue weighted by Gasteiger charge is 2.28. The number of rotatable bonds is 5. The summed E-state index contributed by atoms with van der Waals surface area (Å²) in [7, 11) is 0. The molecule has 1 aliphatic heterocycles. The van der Waals surface area contributed by atoms with E-state index in [4.69, 9.17) is 4.74 Å². The average molecular weight is 339 g/mol. The Hall–Kier alpha value is -2.80. The van der Waals surface area contributed by atoms with Gasteiger partial charge in [-0.05, 0) is 43.7 Å². The van der Waals surface area contributed by atoms with Gasteiger partial charge in [-0.3, -0.25) is 9.88 Å². The Bertz CT molecular complexity index is 822. The predicted molar refractivity (Wildman–Crippen MR) is 89.5 cm³/mol. The lowest BCUT2D eigenvalue weighted by atomic mass is 10.1. The largest absolute Gasteiger partial charge is 0.437 e. The van der Waals surface area contributed by atoms with Gasteiger partial charge in [-0.15, -0.1) is 0 Å². The minimum Gasteiger partial charge on any atom is -0.437 e. The number of imidazole rings is 1. The Morgan fingerprint density at radius 2 is 2.12 bits per heavy atom. The number of halogens is 1. The molecular formula is C18H18FN5O. The molecule has 1 saturated heterocycles. The molecule has 0 amide bonds. The van der Waals surface area contributed by atoms with Crippen molar-refractivity contribution in [1.29, 1.82) is 0 Å². The first-order valence-corrected chi connectivity index (χ1v) is 8.25. The molecule has 25 heavy (non-hydrogen) atoms. The van der Waals surface area contributed by atoms with E-state index in [-0.39, 0.29) is 11.9 Å². The van der Waals surface area contributed by atoms with Crippen LogP contribution in [0.5, 0.6) is 11.6 Å². The molecule has 1 aliphatic rings. The molecule has 0 unspecified atom stereocenters. The van der Waals surface area contributed by atoms with Gasteiger partial charge in [-0.1, -0.05) is 0 Å². The van der Waals surface area contributed by atoms with E-state index < -0.39 is 0 Å². The number of hydrogen-bond donors (Lipinski definition) is 1. The molecule has 1 N–H and O–H groups in total. The summed E-state index contributed by atoms with van der Waals surface area (Å²) in [4.78, 5) is 18.6. The SMILES string of the molecule is Fc1ccc(Oc2cncc([C@@H]3CCCN3Cc3ncc[nH]3)n2)cc1. The zero-order chi connectivity index (χ0) is 17.1. The van der Waals surface area contributed by atoms with Crippen LogP contribution in [0.3, 0.4) is 0 Å². The van der Waals surface area contributed by atoms with Gasteiger partial charge in [0, 0.05) is 12.4 Å². The molecule has 0 spiro atoms. The van der Waals surface area contributed by atoms with Gasteiger partial charge >= 0.3 is 0 Å². The van der Waals surface area contributed by atoms with Crippen LogP contribution in [-0.2, 0) is 6.54 Å². The van der Waals surface area contributed by atoms with Crippen LogP contribution in [0.2, 0.25) is 0 Å². The lowest BCUT2D eigenvalue weighted by Crippen LogP contribution is -2.24. The van der Waals surface area contributed by atoms with Crippen LogP contribution in [0.1, 0.15) is 30.4 Å². The first-order chi connectivity index (χ1) is 12.3. The monoisotopic (exact) mass is 339 g/mol. The first-order valence-electron chi connectivity index (χ1n) is 8.25. The average Bonchev–Trinajstić information content (AvgIpc) is 3.30. The summed E-state index contributed by atoms with van der Waals surface area (Å²) in [5.74, 6) is 1.59. The number of aromatic amines is 1. The number of H-pyrrole nitrogens is 1. The van der Waals surface area contributed by atoms with Crippen molar-refractivity contribution in [3.8, 4) is 11.6 Å². The smallest absolute Gasteiger partial charge is 0.238 e. The maximum absolute atomic E-state index is 13.0. The highest BCUT2D eigenvalue weighted by molar-refractivity contribution is 5.26. The molecule has 0 radical (unpaired) electrons. The van der Waals surface area contributed by atoms with Crippen LogP contribution in [0.25, 0.3) is 0 Å². The Morgan fingerprint density at radius 1 is 1.24 bits per heavy atom. The molecule has 4 rings (SSSR count). The predicted octanol–water partition coefficient (Wildman–Crippen LogP) is 3.47.